The average Bonchev–Trinajstić information content (AvgIpc) is 3.44. The highest BCUT2D eigenvalue weighted by atomic mass is 35.5. The highest BCUT2D eigenvalue weighted by Gasteiger charge is 2.47. The van der Waals surface area contributed by atoms with E-state index in [0.717, 1.165) is 58.7 Å². The Kier molecular flexibility index (Phi) is 8.50. The molecule has 0 N–H and O–H groups in total. The largest absolute Gasteiger partial charge is 1.00 e. The maximum Gasteiger partial charge on any atom is 0.307 e. The van der Waals surface area contributed by atoms with Crippen LogP contribution in [0, 0.1) is 11.8 Å². The third-order valence-electron chi connectivity index (χ3n) is 7.71. The first kappa shape index (κ1) is 26.4. The molecule has 0 saturated carbocycles. The van der Waals surface area contributed by atoms with Gasteiger partial charge in [-0.2, -0.15) is 0 Å². The number of hydrogen-bond acceptors (Lipinski definition) is 5. The van der Waals surface area contributed by atoms with E-state index in [-0.39, 0.29) is 30.1 Å². The fourth-order valence-corrected chi connectivity index (χ4v) is 6.50. The molecule has 4 heterocycles. The Morgan fingerprint density at radius 2 is 1.67 bits per heavy atom. The smallest absolute Gasteiger partial charge is 0.307 e. The Bertz CT molecular complexity index is 1140. The fourth-order valence-electron chi connectivity index (χ4n) is 5.84. The van der Waals surface area contributed by atoms with Crippen LogP contribution in [0.25, 0.3) is 0 Å². The first-order chi connectivity index (χ1) is 17.0. The second kappa shape index (κ2) is 11.6. The number of ether oxygens (including phenoxy) is 2. The number of esters is 1. The molecule has 1 unspecified atom stereocenters. The maximum absolute atomic E-state index is 13.3. The minimum absolute atomic E-state index is 0. The zero-order chi connectivity index (χ0) is 24.3. The standard InChI is InChI=1S/C29H32NO4S.ClH/c1-33-25-11-9-23(10-12-25)29(22-6-3-2-4-7-22)34-28(32)18-24-19-30(15-13-21(24)14-16-30)20-26(31)27-8-5-17-35-27;/h2-12,17,21,24,29H,13-16,18-20H2,1H3;1H/q+1;/p-1/t21?,24-,29?,30?;/m0./s1. The van der Waals surface area contributed by atoms with Crippen molar-refractivity contribution in [2.45, 2.75) is 25.4 Å². The molecule has 2 aromatic carbocycles. The van der Waals surface area contributed by atoms with E-state index in [4.69, 9.17) is 9.47 Å². The third kappa shape index (κ3) is 5.83. The Balaban J connectivity index is 0.00000304. The van der Waals surface area contributed by atoms with Crippen LogP contribution in [0.1, 0.15) is 46.2 Å². The predicted molar refractivity (Wildman–Crippen MR) is 137 cm³/mol. The first-order valence-electron chi connectivity index (χ1n) is 12.4. The van der Waals surface area contributed by atoms with E-state index in [1.54, 1.807) is 7.11 Å². The van der Waals surface area contributed by atoms with Gasteiger partial charge in [-0.05, 0) is 40.6 Å². The summed E-state index contributed by atoms with van der Waals surface area (Å²) in [6, 6.07) is 21.4. The highest BCUT2D eigenvalue weighted by molar-refractivity contribution is 7.12. The van der Waals surface area contributed by atoms with E-state index >= 15 is 0 Å². The number of carbonyl (C=O) groups is 2. The summed E-state index contributed by atoms with van der Waals surface area (Å²) in [4.78, 5) is 27.0. The van der Waals surface area contributed by atoms with E-state index in [2.05, 4.69) is 0 Å². The van der Waals surface area contributed by atoms with Gasteiger partial charge < -0.3 is 26.4 Å². The van der Waals surface area contributed by atoms with Crippen molar-refractivity contribution in [3.8, 4) is 5.75 Å². The molecule has 2 atom stereocenters. The summed E-state index contributed by atoms with van der Waals surface area (Å²) >= 11 is 1.52. The number of Topliss-reactive ketones (excluding diaryl/α,β-unsaturated/α-hetero) is 1. The van der Waals surface area contributed by atoms with Gasteiger partial charge in [0.1, 0.15) is 12.3 Å². The normalized spacial score (nSPS) is 23.4. The van der Waals surface area contributed by atoms with E-state index in [9.17, 15) is 9.59 Å². The molecule has 3 saturated heterocycles. The number of benzene rings is 2. The number of rotatable bonds is 9. The summed E-state index contributed by atoms with van der Waals surface area (Å²) in [7, 11) is 1.64. The lowest BCUT2D eigenvalue weighted by molar-refractivity contribution is -0.939. The van der Waals surface area contributed by atoms with Gasteiger partial charge in [0.2, 0.25) is 5.78 Å². The van der Waals surface area contributed by atoms with Gasteiger partial charge >= 0.3 is 5.97 Å². The van der Waals surface area contributed by atoms with Crippen molar-refractivity contribution < 1.29 is 36.0 Å². The van der Waals surface area contributed by atoms with Gasteiger partial charge in [-0.15, -0.1) is 11.3 Å². The lowest BCUT2D eigenvalue weighted by Crippen LogP contribution is -3.00. The topological polar surface area (TPSA) is 52.6 Å². The van der Waals surface area contributed by atoms with Crippen LogP contribution in [0.2, 0.25) is 0 Å². The molecule has 0 radical (unpaired) electrons. The minimum atomic E-state index is -0.459. The quantitative estimate of drug-likeness (QED) is 0.245. The number of piperidine rings is 3. The molecule has 2 bridgehead atoms. The maximum atomic E-state index is 13.3. The zero-order valence-electron chi connectivity index (χ0n) is 20.5. The zero-order valence-corrected chi connectivity index (χ0v) is 22.0. The number of fused-ring (bicyclic) bond motifs is 3. The van der Waals surface area contributed by atoms with Gasteiger partial charge in [-0.3, -0.25) is 9.59 Å². The number of ketones is 1. The van der Waals surface area contributed by atoms with Crippen LogP contribution >= 0.6 is 11.3 Å². The van der Waals surface area contributed by atoms with E-state index in [1.807, 2.05) is 72.1 Å². The lowest BCUT2D eigenvalue weighted by Gasteiger charge is -2.52. The molecule has 190 valence electrons. The molecule has 5 nitrogen and oxygen atoms in total. The summed E-state index contributed by atoms with van der Waals surface area (Å²) in [6.07, 6.45) is 2.10. The minimum Gasteiger partial charge on any atom is -1.00 e. The highest BCUT2D eigenvalue weighted by Crippen LogP contribution is 2.40. The van der Waals surface area contributed by atoms with E-state index in [0.29, 0.717) is 18.9 Å². The Morgan fingerprint density at radius 1 is 0.972 bits per heavy atom. The molecule has 1 aromatic heterocycles. The monoisotopic (exact) mass is 525 g/mol. The molecule has 3 aliphatic rings. The van der Waals surface area contributed by atoms with Crippen LogP contribution in [0.5, 0.6) is 5.75 Å². The second-order valence-electron chi connectivity index (χ2n) is 9.89. The summed E-state index contributed by atoms with van der Waals surface area (Å²) in [6.45, 7) is 3.49. The number of nitrogens with zero attached hydrogens (tertiary/aromatic N) is 1. The summed E-state index contributed by atoms with van der Waals surface area (Å²) in [5.41, 5.74) is 1.87. The molecule has 6 rings (SSSR count). The Morgan fingerprint density at radius 3 is 2.31 bits per heavy atom. The molecule has 0 amide bonds. The molecular formula is C29H32ClNO4S. The number of carbonyl (C=O) groups excluding carboxylic acids is 2. The van der Waals surface area contributed by atoms with Gasteiger partial charge in [-0.25, -0.2) is 0 Å². The van der Waals surface area contributed by atoms with Crippen molar-refractivity contribution >= 4 is 23.1 Å². The number of quaternary nitrogens is 1. The van der Waals surface area contributed by atoms with Crippen LogP contribution in [0.4, 0.5) is 0 Å². The number of methoxy groups -OCH3 is 1. The summed E-state index contributed by atoms with van der Waals surface area (Å²) < 4.78 is 12.2. The van der Waals surface area contributed by atoms with Gasteiger partial charge in [0.25, 0.3) is 0 Å². The molecule has 0 spiro atoms. The van der Waals surface area contributed by atoms with Crippen molar-refractivity contribution in [3.63, 3.8) is 0 Å². The van der Waals surface area contributed by atoms with Crippen molar-refractivity contribution in [1.82, 2.24) is 0 Å². The summed E-state index contributed by atoms with van der Waals surface area (Å²) in [5.74, 6) is 1.62. The fraction of sp³-hybridized carbons (Fsp3) is 0.379. The van der Waals surface area contributed by atoms with Crippen LogP contribution < -0.4 is 17.1 Å². The van der Waals surface area contributed by atoms with Gasteiger partial charge in [0.15, 0.2) is 6.10 Å². The average molecular weight is 526 g/mol. The van der Waals surface area contributed by atoms with Crippen molar-refractivity contribution in [2.75, 3.05) is 33.3 Å². The van der Waals surface area contributed by atoms with Crippen LogP contribution in [-0.4, -0.2) is 49.5 Å². The van der Waals surface area contributed by atoms with Crippen LogP contribution in [0.3, 0.4) is 0 Å². The second-order valence-corrected chi connectivity index (χ2v) is 10.8. The van der Waals surface area contributed by atoms with E-state index < -0.39 is 6.10 Å². The Labute approximate surface area is 223 Å². The number of halogens is 1. The van der Waals surface area contributed by atoms with Crippen molar-refractivity contribution in [1.29, 1.82) is 0 Å². The first-order valence-corrected chi connectivity index (χ1v) is 13.2. The number of thiophene rings is 1. The molecule has 3 fully saturated rings. The van der Waals surface area contributed by atoms with E-state index in [1.165, 1.54) is 11.3 Å². The SMILES string of the molecule is COc1ccc(C(OC(=O)C[C@H]2C[N+]3(CC(=O)c4cccs4)CCC2CC3)c2ccccc2)cc1.[Cl-]. The lowest BCUT2D eigenvalue weighted by atomic mass is 9.75. The van der Waals surface area contributed by atoms with Gasteiger partial charge in [0.05, 0.1) is 38.0 Å². The van der Waals surface area contributed by atoms with Crippen molar-refractivity contribution in [2.24, 2.45) is 11.8 Å². The van der Waals surface area contributed by atoms with Crippen LogP contribution in [0.15, 0.2) is 72.1 Å². The summed E-state index contributed by atoms with van der Waals surface area (Å²) in [5, 5.41) is 1.96. The predicted octanol–water partition coefficient (Wildman–Crippen LogP) is 2.52. The molecule has 3 aliphatic heterocycles. The molecule has 7 heteroatoms. The van der Waals surface area contributed by atoms with Crippen molar-refractivity contribution in [3.05, 3.63) is 88.1 Å². The molecule has 3 aromatic rings. The van der Waals surface area contributed by atoms with Gasteiger partial charge in [0, 0.05) is 18.8 Å². The molecular weight excluding hydrogens is 494 g/mol. The Hall–Kier alpha value is -2.67. The number of hydrogen-bond donors (Lipinski definition) is 0. The third-order valence-corrected chi connectivity index (χ3v) is 8.62. The van der Waals surface area contributed by atoms with Gasteiger partial charge in [-0.1, -0.05) is 48.5 Å². The van der Waals surface area contributed by atoms with Crippen LogP contribution in [-0.2, 0) is 9.53 Å². The molecule has 36 heavy (non-hydrogen) atoms. The molecule has 0 aliphatic carbocycles.